The van der Waals surface area contributed by atoms with Gasteiger partial charge in [-0.2, -0.15) is 0 Å². The lowest BCUT2D eigenvalue weighted by Gasteiger charge is -2.36. The SMILES string of the molecule is CC(C)COC(=O)N[C@@H](CCC(=O)N1CCN(c2cccc(NC3=NCC(O)CN3)c2)CC1)C(=O)O. The molecule has 0 bridgehead atoms. The molecule has 1 unspecified atom stereocenters. The molecule has 2 aliphatic rings. The molecule has 12 nitrogen and oxygen atoms in total. The van der Waals surface area contributed by atoms with Crippen molar-refractivity contribution in [1.82, 2.24) is 15.5 Å². The molecule has 3 rings (SSSR count). The van der Waals surface area contributed by atoms with Crippen LogP contribution in [0.5, 0.6) is 0 Å². The maximum atomic E-state index is 12.7. The number of β-amino-alcohol motifs (C(OH)–C–C–N with tert-alkyl or cyclic N) is 1. The van der Waals surface area contributed by atoms with Gasteiger partial charge in [0.1, 0.15) is 6.04 Å². The van der Waals surface area contributed by atoms with Crippen LogP contribution in [0.2, 0.25) is 0 Å². The number of aliphatic hydroxyl groups is 1. The summed E-state index contributed by atoms with van der Waals surface area (Å²) in [6.45, 7) is 7.08. The number of benzene rings is 1. The second-order valence-electron chi connectivity index (χ2n) is 9.33. The van der Waals surface area contributed by atoms with E-state index in [-0.39, 0.29) is 31.3 Å². The van der Waals surface area contributed by atoms with Crippen LogP contribution in [0.3, 0.4) is 0 Å². The van der Waals surface area contributed by atoms with Gasteiger partial charge in [0.05, 0.1) is 19.3 Å². The third-order valence-corrected chi connectivity index (χ3v) is 5.86. The average molecular weight is 505 g/mol. The Bertz CT molecular complexity index is 947. The van der Waals surface area contributed by atoms with Gasteiger partial charge in [0, 0.05) is 50.5 Å². The molecule has 0 aliphatic carbocycles. The number of carbonyl (C=O) groups excluding carboxylic acids is 2. The Labute approximate surface area is 210 Å². The molecule has 1 aromatic rings. The minimum atomic E-state index is -1.20. The van der Waals surface area contributed by atoms with E-state index in [0.717, 1.165) is 11.4 Å². The van der Waals surface area contributed by atoms with Crippen LogP contribution in [0.15, 0.2) is 29.3 Å². The van der Waals surface area contributed by atoms with Gasteiger partial charge < -0.3 is 40.7 Å². The molecular weight excluding hydrogens is 468 g/mol. The highest BCUT2D eigenvalue weighted by molar-refractivity contribution is 5.94. The standard InChI is InChI=1S/C24H36N6O6/c1-16(2)15-36-24(35)28-20(22(33)34)6-7-21(32)30-10-8-29(9-11-30)18-5-3-4-17(12-18)27-23-25-13-19(31)14-26-23/h3-5,12,16,19-20,31H,6-11,13-15H2,1-2H3,(H,28,35)(H,33,34)(H2,25,26,27)/t20-/m0/s1. The first kappa shape index (κ1) is 27.1. The summed E-state index contributed by atoms with van der Waals surface area (Å²) in [4.78, 5) is 44.2. The molecule has 2 atom stereocenters. The number of guanidine groups is 1. The number of ether oxygens (including phenoxy) is 1. The zero-order valence-electron chi connectivity index (χ0n) is 20.8. The molecular formula is C24H36N6O6. The highest BCUT2D eigenvalue weighted by Crippen LogP contribution is 2.21. The first-order valence-corrected chi connectivity index (χ1v) is 12.2. The van der Waals surface area contributed by atoms with Crippen molar-refractivity contribution in [2.24, 2.45) is 10.9 Å². The summed E-state index contributed by atoms with van der Waals surface area (Å²) < 4.78 is 4.98. The van der Waals surface area contributed by atoms with Crippen molar-refractivity contribution in [3.63, 3.8) is 0 Å². The Morgan fingerprint density at radius 3 is 2.61 bits per heavy atom. The molecule has 1 fully saturated rings. The Hall–Kier alpha value is -3.54. The number of nitrogens with one attached hydrogen (secondary N) is 3. The fraction of sp³-hybridized carbons (Fsp3) is 0.583. The van der Waals surface area contributed by atoms with Gasteiger partial charge in [-0.15, -0.1) is 0 Å². The van der Waals surface area contributed by atoms with Gasteiger partial charge >= 0.3 is 12.1 Å². The molecule has 12 heteroatoms. The number of hydrogen-bond donors (Lipinski definition) is 5. The first-order chi connectivity index (χ1) is 17.2. The Morgan fingerprint density at radius 2 is 1.97 bits per heavy atom. The number of piperazine rings is 1. The molecule has 0 radical (unpaired) electrons. The molecule has 1 aromatic carbocycles. The maximum Gasteiger partial charge on any atom is 0.407 e. The number of hydrogen-bond acceptors (Lipinski definition) is 9. The molecule has 0 spiro atoms. The number of nitrogens with zero attached hydrogens (tertiary/aromatic N) is 3. The lowest BCUT2D eigenvalue weighted by atomic mass is 10.1. The van der Waals surface area contributed by atoms with E-state index in [1.807, 2.05) is 38.1 Å². The number of aliphatic carboxylic acids is 1. The van der Waals surface area contributed by atoms with E-state index in [2.05, 4.69) is 25.8 Å². The number of rotatable bonds is 9. The van der Waals surface area contributed by atoms with Crippen LogP contribution in [0.1, 0.15) is 26.7 Å². The predicted octanol–water partition coefficient (Wildman–Crippen LogP) is 0.683. The number of aliphatic imine (C=N–C) groups is 1. The van der Waals surface area contributed by atoms with Crippen molar-refractivity contribution in [3.05, 3.63) is 24.3 Å². The van der Waals surface area contributed by atoms with Crippen molar-refractivity contribution in [2.75, 3.05) is 56.1 Å². The van der Waals surface area contributed by atoms with E-state index in [0.29, 0.717) is 45.2 Å². The Kier molecular flexibility index (Phi) is 9.74. The predicted molar refractivity (Wildman–Crippen MR) is 135 cm³/mol. The van der Waals surface area contributed by atoms with Gasteiger partial charge in [0.15, 0.2) is 5.96 Å². The Balaban J connectivity index is 1.45. The number of aliphatic hydroxyl groups excluding tert-OH is 1. The minimum absolute atomic E-state index is 0.00613. The highest BCUT2D eigenvalue weighted by atomic mass is 16.5. The summed E-state index contributed by atoms with van der Waals surface area (Å²) in [6, 6.07) is 6.71. The number of amides is 2. The molecule has 2 aliphatic heterocycles. The van der Waals surface area contributed by atoms with Crippen molar-refractivity contribution in [2.45, 2.75) is 38.8 Å². The van der Waals surface area contributed by atoms with Gasteiger partial charge in [-0.05, 0) is 30.5 Å². The largest absolute Gasteiger partial charge is 0.480 e. The lowest BCUT2D eigenvalue weighted by molar-refractivity contribution is -0.140. The summed E-state index contributed by atoms with van der Waals surface area (Å²) in [5.74, 6) is -0.586. The van der Waals surface area contributed by atoms with Crippen molar-refractivity contribution < 1.29 is 29.3 Å². The second-order valence-corrected chi connectivity index (χ2v) is 9.33. The van der Waals surface area contributed by atoms with Crippen molar-refractivity contribution >= 4 is 35.3 Å². The molecule has 198 valence electrons. The monoisotopic (exact) mass is 504 g/mol. The maximum absolute atomic E-state index is 12.7. The molecule has 0 saturated carbocycles. The summed E-state index contributed by atoms with van der Waals surface area (Å²) in [5.41, 5.74) is 1.88. The third-order valence-electron chi connectivity index (χ3n) is 5.86. The van der Waals surface area contributed by atoms with Gasteiger partial charge in [-0.1, -0.05) is 19.9 Å². The van der Waals surface area contributed by atoms with Crippen LogP contribution < -0.4 is 20.9 Å². The molecule has 1 saturated heterocycles. The summed E-state index contributed by atoms with van der Waals surface area (Å²) >= 11 is 0. The number of anilines is 2. The van der Waals surface area contributed by atoms with E-state index in [9.17, 15) is 24.6 Å². The summed E-state index contributed by atoms with van der Waals surface area (Å²) in [7, 11) is 0. The topological polar surface area (TPSA) is 156 Å². The Morgan fingerprint density at radius 1 is 1.22 bits per heavy atom. The number of alkyl carbamates (subject to hydrolysis) is 1. The highest BCUT2D eigenvalue weighted by Gasteiger charge is 2.26. The normalized spacial score (nSPS) is 18.7. The van der Waals surface area contributed by atoms with E-state index < -0.39 is 24.2 Å². The van der Waals surface area contributed by atoms with Crippen LogP contribution in [-0.4, -0.2) is 97.1 Å². The van der Waals surface area contributed by atoms with Gasteiger partial charge in [-0.3, -0.25) is 9.79 Å². The van der Waals surface area contributed by atoms with Crippen LogP contribution >= 0.6 is 0 Å². The van der Waals surface area contributed by atoms with Gasteiger partial charge in [0.25, 0.3) is 0 Å². The van der Waals surface area contributed by atoms with E-state index in [1.165, 1.54) is 0 Å². The smallest absolute Gasteiger partial charge is 0.407 e. The van der Waals surface area contributed by atoms with E-state index in [1.54, 1.807) is 4.90 Å². The van der Waals surface area contributed by atoms with Crippen LogP contribution in [0.4, 0.5) is 16.2 Å². The van der Waals surface area contributed by atoms with Crippen LogP contribution in [0, 0.1) is 5.92 Å². The van der Waals surface area contributed by atoms with E-state index in [4.69, 9.17) is 4.74 Å². The van der Waals surface area contributed by atoms with Crippen molar-refractivity contribution in [1.29, 1.82) is 0 Å². The van der Waals surface area contributed by atoms with Crippen molar-refractivity contribution in [3.8, 4) is 0 Å². The summed E-state index contributed by atoms with van der Waals surface area (Å²) in [6.07, 6.45) is -1.26. The average Bonchev–Trinajstić information content (AvgIpc) is 2.86. The fourth-order valence-electron chi connectivity index (χ4n) is 3.86. The van der Waals surface area contributed by atoms with E-state index >= 15 is 0 Å². The second kappa shape index (κ2) is 13.0. The van der Waals surface area contributed by atoms with Gasteiger partial charge in [-0.25, -0.2) is 9.59 Å². The van der Waals surface area contributed by atoms with Crippen LogP contribution in [0.25, 0.3) is 0 Å². The number of carboxylic acids is 1. The number of carbonyl (C=O) groups is 3. The first-order valence-electron chi connectivity index (χ1n) is 12.2. The molecule has 2 heterocycles. The van der Waals surface area contributed by atoms with Gasteiger partial charge in [0.2, 0.25) is 5.91 Å². The molecule has 36 heavy (non-hydrogen) atoms. The molecule has 2 amide bonds. The minimum Gasteiger partial charge on any atom is -0.480 e. The molecule has 5 N–H and O–H groups in total. The third kappa shape index (κ3) is 8.29. The van der Waals surface area contributed by atoms with Crippen LogP contribution in [-0.2, 0) is 14.3 Å². The molecule has 0 aromatic heterocycles. The summed E-state index contributed by atoms with van der Waals surface area (Å²) in [5, 5.41) is 27.5. The zero-order valence-corrected chi connectivity index (χ0v) is 20.8. The zero-order chi connectivity index (χ0) is 26.1. The lowest BCUT2D eigenvalue weighted by Crippen LogP contribution is -2.49. The number of carboxylic acid groups (broad SMARTS) is 1. The fourth-order valence-corrected chi connectivity index (χ4v) is 3.86. The quantitative estimate of drug-likeness (QED) is 0.326.